The summed E-state index contributed by atoms with van der Waals surface area (Å²) < 4.78 is 38.3. The molecule has 0 bridgehead atoms. The van der Waals surface area contributed by atoms with Gasteiger partial charge in [-0.15, -0.1) is 0 Å². The van der Waals surface area contributed by atoms with Crippen LogP contribution in [0.3, 0.4) is 0 Å². The molecular formula is C17H18F3N3. The van der Waals surface area contributed by atoms with E-state index in [-0.39, 0.29) is 6.04 Å². The van der Waals surface area contributed by atoms with Crippen LogP contribution in [0.15, 0.2) is 48.8 Å². The van der Waals surface area contributed by atoms with Crippen molar-refractivity contribution in [3.8, 4) is 0 Å². The van der Waals surface area contributed by atoms with Crippen LogP contribution in [0.1, 0.15) is 18.4 Å². The third kappa shape index (κ3) is 3.64. The van der Waals surface area contributed by atoms with Gasteiger partial charge in [0.2, 0.25) is 0 Å². The van der Waals surface area contributed by atoms with Crippen LogP contribution in [0.2, 0.25) is 0 Å². The van der Waals surface area contributed by atoms with E-state index in [9.17, 15) is 13.2 Å². The molecule has 1 aromatic carbocycles. The number of benzene rings is 1. The highest BCUT2D eigenvalue weighted by atomic mass is 19.4. The number of nitrogens with one attached hydrogen (secondary N) is 1. The number of hydrogen-bond acceptors (Lipinski definition) is 3. The number of pyridine rings is 1. The predicted molar refractivity (Wildman–Crippen MR) is 83.7 cm³/mol. The first kappa shape index (κ1) is 15.8. The summed E-state index contributed by atoms with van der Waals surface area (Å²) in [6.07, 6.45) is 1.01. The maximum atomic E-state index is 12.8. The van der Waals surface area contributed by atoms with Crippen LogP contribution in [0.5, 0.6) is 0 Å². The minimum absolute atomic E-state index is 0.247. The maximum absolute atomic E-state index is 12.8. The van der Waals surface area contributed by atoms with E-state index >= 15 is 0 Å². The second-order valence-corrected chi connectivity index (χ2v) is 5.61. The SMILES string of the molecule is FC(F)(F)c1ccc(N(c2cccnc2)C2CCNCC2)cc1. The van der Waals surface area contributed by atoms with E-state index in [1.54, 1.807) is 12.4 Å². The summed E-state index contributed by atoms with van der Waals surface area (Å²) in [5, 5.41) is 3.31. The molecule has 1 aromatic heterocycles. The molecule has 2 heterocycles. The number of alkyl halides is 3. The van der Waals surface area contributed by atoms with Crippen molar-refractivity contribution >= 4 is 11.4 Å². The zero-order valence-corrected chi connectivity index (χ0v) is 12.6. The Hall–Kier alpha value is -2.08. The zero-order valence-electron chi connectivity index (χ0n) is 12.6. The van der Waals surface area contributed by atoms with E-state index in [4.69, 9.17) is 0 Å². The number of piperidine rings is 1. The topological polar surface area (TPSA) is 28.2 Å². The molecule has 1 saturated heterocycles. The van der Waals surface area contributed by atoms with Crippen LogP contribution in [0, 0.1) is 0 Å². The van der Waals surface area contributed by atoms with Gasteiger partial charge in [0.25, 0.3) is 0 Å². The summed E-state index contributed by atoms with van der Waals surface area (Å²) in [6, 6.07) is 9.38. The van der Waals surface area contributed by atoms with E-state index in [2.05, 4.69) is 15.2 Å². The van der Waals surface area contributed by atoms with Crippen molar-refractivity contribution in [3.63, 3.8) is 0 Å². The summed E-state index contributed by atoms with van der Waals surface area (Å²) >= 11 is 0. The van der Waals surface area contributed by atoms with E-state index in [1.807, 2.05) is 12.1 Å². The van der Waals surface area contributed by atoms with Crippen molar-refractivity contribution in [2.75, 3.05) is 18.0 Å². The Morgan fingerprint density at radius 1 is 1.00 bits per heavy atom. The normalized spacial score (nSPS) is 16.3. The van der Waals surface area contributed by atoms with Crippen molar-refractivity contribution in [2.45, 2.75) is 25.1 Å². The van der Waals surface area contributed by atoms with Gasteiger partial charge in [-0.1, -0.05) is 0 Å². The molecule has 0 saturated carbocycles. The predicted octanol–water partition coefficient (Wildman–Crippen LogP) is 3.99. The highest BCUT2D eigenvalue weighted by Gasteiger charge is 2.31. The smallest absolute Gasteiger partial charge is 0.337 e. The zero-order chi connectivity index (χ0) is 16.3. The molecule has 0 aliphatic carbocycles. The lowest BCUT2D eigenvalue weighted by Gasteiger charge is -2.36. The molecule has 0 radical (unpaired) electrons. The number of rotatable bonds is 3. The third-order valence-corrected chi connectivity index (χ3v) is 4.07. The summed E-state index contributed by atoms with van der Waals surface area (Å²) in [4.78, 5) is 6.24. The van der Waals surface area contributed by atoms with E-state index in [0.29, 0.717) is 0 Å². The van der Waals surface area contributed by atoms with Crippen LogP contribution in [0.25, 0.3) is 0 Å². The van der Waals surface area contributed by atoms with Gasteiger partial charge < -0.3 is 10.2 Å². The molecule has 3 rings (SSSR count). The van der Waals surface area contributed by atoms with Gasteiger partial charge >= 0.3 is 6.18 Å². The van der Waals surface area contributed by atoms with Gasteiger partial charge in [-0.25, -0.2) is 0 Å². The average Bonchev–Trinajstić information content (AvgIpc) is 2.57. The third-order valence-electron chi connectivity index (χ3n) is 4.07. The average molecular weight is 321 g/mol. The van der Waals surface area contributed by atoms with E-state index in [1.165, 1.54) is 12.1 Å². The molecule has 122 valence electrons. The van der Waals surface area contributed by atoms with Gasteiger partial charge in [-0.05, 0) is 62.3 Å². The molecule has 1 fully saturated rings. The van der Waals surface area contributed by atoms with Gasteiger partial charge in [0.1, 0.15) is 0 Å². The Bertz CT molecular complexity index is 620. The van der Waals surface area contributed by atoms with Crippen LogP contribution < -0.4 is 10.2 Å². The molecule has 1 N–H and O–H groups in total. The van der Waals surface area contributed by atoms with Crippen molar-refractivity contribution in [3.05, 3.63) is 54.4 Å². The Labute approximate surface area is 133 Å². The Balaban J connectivity index is 1.94. The fourth-order valence-electron chi connectivity index (χ4n) is 2.94. The van der Waals surface area contributed by atoms with Crippen LogP contribution >= 0.6 is 0 Å². The molecule has 23 heavy (non-hydrogen) atoms. The molecule has 0 atom stereocenters. The first-order chi connectivity index (χ1) is 11.1. The molecule has 0 spiro atoms. The van der Waals surface area contributed by atoms with E-state index in [0.717, 1.165) is 49.4 Å². The van der Waals surface area contributed by atoms with Crippen LogP contribution in [0.4, 0.5) is 24.5 Å². The van der Waals surface area contributed by atoms with Gasteiger partial charge in [0, 0.05) is 17.9 Å². The second kappa shape index (κ2) is 6.58. The quantitative estimate of drug-likeness (QED) is 0.926. The molecule has 3 nitrogen and oxygen atoms in total. The van der Waals surface area contributed by atoms with Gasteiger partial charge in [-0.2, -0.15) is 13.2 Å². The number of hydrogen-bond donors (Lipinski definition) is 1. The largest absolute Gasteiger partial charge is 0.416 e. The Morgan fingerprint density at radius 3 is 2.26 bits per heavy atom. The fourth-order valence-corrected chi connectivity index (χ4v) is 2.94. The van der Waals surface area contributed by atoms with Crippen molar-refractivity contribution in [1.29, 1.82) is 0 Å². The lowest BCUT2D eigenvalue weighted by molar-refractivity contribution is -0.137. The second-order valence-electron chi connectivity index (χ2n) is 5.61. The minimum atomic E-state index is -4.31. The molecule has 6 heteroatoms. The number of halogens is 3. The van der Waals surface area contributed by atoms with Gasteiger partial charge in [0.15, 0.2) is 0 Å². The Kier molecular flexibility index (Phi) is 4.52. The standard InChI is InChI=1S/C17H18F3N3/c18-17(19,20)13-3-5-14(6-4-13)23(15-7-10-21-11-8-15)16-2-1-9-22-12-16/h1-6,9,12,15,21H,7-8,10-11H2. The molecule has 0 amide bonds. The minimum Gasteiger partial charge on any atom is -0.337 e. The molecule has 2 aromatic rings. The van der Waals surface area contributed by atoms with E-state index < -0.39 is 11.7 Å². The number of anilines is 2. The first-order valence-corrected chi connectivity index (χ1v) is 7.63. The summed E-state index contributed by atoms with van der Waals surface area (Å²) in [7, 11) is 0. The highest BCUT2D eigenvalue weighted by molar-refractivity contribution is 5.63. The van der Waals surface area contributed by atoms with Crippen LogP contribution in [-0.2, 0) is 6.18 Å². The van der Waals surface area contributed by atoms with Gasteiger partial charge in [-0.3, -0.25) is 4.98 Å². The van der Waals surface area contributed by atoms with Crippen molar-refractivity contribution in [2.24, 2.45) is 0 Å². The lowest BCUT2D eigenvalue weighted by atomic mass is 10.0. The fraction of sp³-hybridized carbons (Fsp3) is 0.353. The summed E-state index contributed by atoms with van der Waals surface area (Å²) in [6.45, 7) is 1.81. The van der Waals surface area contributed by atoms with Crippen LogP contribution in [-0.4, -0.2) is 24.1 Å². The summed E-state index contributed by atoms with van der Waals surface area (Å²) in [5.41, 5.74) is 1.04. The monoisotopic (exact) mass is 321 g/mol. The number of nitrogens with zero attached hydrogens (tertiary/aromatic N) is 2. The molecule has 1 aliphatic heterocycles. The maximum Gasteiger partial charge on any atom is 0.416 e. The number of aromatic nitrogens is 1. The van der Waals surface area contributed by atoms with Crippen molar-refractivity contribution in [1.82, 2.24) is 10.3 Å². The van der Waals surface area contributed by atoms with Gasteiger partial charge in [0.05, 0.1) is 17.4 Å². The Morgan fingerprint density at radius 2 is 1.70 bits per heavy atom. The highest BCUT2D eigenvalue weighted by Crippen LogP contribution is 2.34. The lowest BCUT2D eigenvalue weighted by Crippen LogP contribution is -2.40. The first-order valence-electron chi connectivity index (χ1n) is 7.63. The molecule has 1 aliphatic rings. The van der Waals surface area contributed by atoms with Crippen molar-refractivity contribution < 1.29 is 13.2 Å². The molecular weight excluding hydrogens is 303 g/mol. The molecule has 0 unspecified atom stereocenters. The summed E-state index contributed by atoms with van der Waals surface area (Å²) in [5.74, 6) is 0.